The lowest BCUT2D eigenvalue weighted by Gasteiger charge is -2.11. The number of aliphatic imine (C=N–C) groups is 1. The molecule has 2 atom stereocenters. The Morgan fingerprint density at radius 3 is 2.00 bits per heavy atom. The molecular formula is C13H13NO7. The Kier molecular flexibility index (Phi) is 4.83. The molecule has 3 rings (SSSR count). The summed E-state index contributed by atoms with van der Waals surface area (Å²) in [6.45, 7) is 0. The van der Waals surface area contributed by atoms with E-state index in [1.165, 1.54) is 25.0 Å². The fourth-order valence-corrected chi connectivity index (χ4v) is 2.22. The van der Waals surface area contributed by atoms with Crippen molar-refractivity contribution in [1.82, 2.24) is 0 Å². The first-order valence-corrected chi connectivity index (χ1v) is 6.25. The van der Waals surface area contributed by atoms with Gasteiger partial charge in [-0.25, -0.2) is 5.26 Å². The van der Waals surface area contributed by atoms with Gasteiger partial charge in [0.25, 0.3) is 5.91 Å². The molecule has 3 aliphatic rings. The number of nitrogens with zero attached hydrogens (tertiary/aromatic N) is 1. The summed E-state index contributed by atoms with van der Waals surface area (Å²) in [6, 6.07) is 0. The van der Waals surface area contributed by atoms with E-state index in [-0.39, 0.29) is 30.3 Å². The lowest BCUT2D eigenvalue weighted by molar-refractivity contribution is -0.162. The van der Waals surface area contributed by atoms with Gasteiger partial charge in [-0.1, -0.05) is 0 Å². The molecule has 2 heterocycles. The van der Waals surface area contributed by atoms with Gasteiger partial charge < -0.3 is 14.4 Å². The second kappa shape index (κ2) is 6.80. The number of ketones is 2. The maximum absolute atomic E-state index is 11.6. The molecule has 0 aromatic carbocycles. The van der Waals surface area contributed by atoms with Gasteiger partial charge >= 0.3 is 0 Å². The number of rotatable bonds is 0. The van der Waals surface area contributed by atoms with Crippen LogP contribution in [0.25, 0.3) is 0 Å². The summed E-state index contributed by atoms with van der Waals surface area (Å²) in [5.41, 5.74) is 0. The highest BCUT2D eigenvalue weighted by atomic mass is 17.1. The van der Waals surface area contributed by atoms with Crippen LogP contribution in [0.2, 0.25) is 0 Å². The molecule has 0 bridgehead atoms. The lowest BCUT2D eigenvalue weighted by Crippen LogP contribution is -2.32. The predicted molar refractivity (Wildman–Crippen MR) is 67.5 cm³/mol. The number of ether oxygens (including phenoxy) is 2. The molecule has 112 valence electrons. The molecule has 2 aliphatic heterocycles. The van der Waals surface area contributed by atoms with Crippen LogP contribution in [-0.4, -0.2) is 28.6 Å². The van der Waals surface area contributed by atoms with Gasteiger partial charge in [-0.3, -0.25) is 14.4 Å². The summed E-state index contributed by atoms with van der Waals surface area (Å²) < 4.78 is 9.17. The summed E-state index contributed by atoms with van der Waals surface area (Å²) >= 11 is 0. The number of amides is 1. The number of fused-ring (bicyclic) bond motifs is 1. The molecule has 1 aliphatic carbocycles. The SMILES string of the molecule is C1=COC=CO1.O=C1CCCC(=O)C2C(OO)=NC(=O)C12. The third-order valence-corrected chi connectivity index (χ3v) is 3.14. The zero-order valence-electron chi connectivity index (χ0n) is 10.9. The van der Waals surface area contributed by atoms with E-state index >= 15 is 0 Å². The Bertz CT molecular complexity index is 515. The maximum Gasteiger partial charge on any atom is 0.260 e. The Hall–Kier alpha value is -2.48. The molecule has 21 heavy (non-hydrogen) atoms. The van der Waals surface area contributed by atoms with Gasteiger partial charge in [0, 0.05) is 12.8 Å². The monoisotopic (exact) mass is 295 g/mol. The smallest absolute Gasteiger partial charge is 0.260 e. The summed E-state index contributed by atoms with van der Waals surface area (Å²) in [4.78, 5) is 41.7. The molecule has 0 aromatic rings. The van der Waals surface area contributed by atoms with Crippen molar-refractivity contribution in [3.05, 3.63) is 25.0 Å². The second-order valence-corrected chi connectivity index (χ2v) is 4.44. The molecule has 1 N–H and O–H groups in total. The van der Waals surface area contributed by atoms with Crippen LogP contribution in [0.1, 0.15) is 19.3 Å². The molecule has 8 nitrogen and oxygen atoms in total. The summed E-state index contributed by atoms with van der Waals surface area (Å²) in [5.74, 6) is -3.68. The van der Waals surface area contributed by atoms with Gasteiger partial charge in [-0.15, -0.1) is 0 Å². The fraction of sp³-hybridized carbons (Fsp3) is 0.385. The Labute approximate surface area is 119 Å². The van der Waals surface area contributed by atoms with Crippen molar-refractivity contribution >= 4 is 23.4 Å². The van der Waals surface area contributed by atoms with Gasteiger partial charge in [0.15, 0.2) is 0 Å². The van der Waals surface area contributed by atoms with Crippen LogP contribution >= 0.6 is 0 Å². The van der Waals surface area contributed by atoms with Crippen LogP contribution in [0.5, 0.6) is 0 Å². The van der Waals surface area contributed by atoms with Gasteiger partial charge in [0.2, 0.25) is 5.90 Å². The Morgan fingerprint density at radius 2 is 1.52 bits per heavy atom. The minimum atomic E-state index is -1.07. The molecule has 0 radical (unpaired) electrons. The van der Waals surface area contributed by atoms with Crippen molar-refractivity contribution in [2.45, 2.75) is 19.3 Å². The molecule has 0 saturated heterocycles. The van der Waals surface area contributed by atoms with Crippen LogP contribution in [-0.2, 0) is 28.7 Å². The van der Waals surface area contributed by atoms with E-state index in [0.29, 0.717) is 6.42 Å². The minimum absolute atomic E-state index is 0.201. The first-order valence-electron chi connectivity index (χ1n) is 6.25. The molecule has 1 saturated carbocycles. The van der Waals surface area contributed by atoms with Crippen molar-refractivity contribution in [2.75, 3.05) is 0 Å². The second-order valence-electron chi connectivity index (χ2n) is 4.44. The van der Waals surface area contributed by atoms with Crippen LogP contribution in [0.3, 0.4) is 0 Å². The number of hydrogen-bond acceptors (Lipinski definition) is 7. The van der Waals surface area contributed by atoms with Gasteiger partial charge in [-0.2, -0.15) is 4.99 Å². The van der Waals surface area contributed by atoms with E-state index in [4.69, 9.17) is 5.26 Å². The largest absolute Gasteiger partial charge is 0.466 e. The molecule has 0 aromatic heterocycles. The van der Waals surface area contributed by atoms with Crippen LogP contribution in [0.4, 0.5) is 0 Å². The highest BCUT2D eigenvalue weighted by Gasteiger charge is 2.49. The first-order chi connectivity index (χ1) is 10.1. The van der Waals surface area contributed by atoms with Crippen molar-refractivity contribution in [3.8, 4) is 0 Å². The third kappa shape index (κ3) is 3.34. The molecule has 1 fully saturated rings. The van der Waals surface area contributed by atoms with Gasteiger partial charge in [0.1, 0.15) is 48.5 Å². The van der Waals surface area contributed by atoms with Crippen LogP contribution in [0, 0.1) is 11.8 Å². The van der Waals surface area contributed by atoms with Gasteiger partial charge in [0.05, 0.1) is 0 Å². The third-order valence-electron chi connectivity index (χ3n) is 3.14. The molecule has 2 unspecified atom stereocenters. The maximum atomic E-state index is 11.6. The normalized spacial score (nSPS) is 26.7. The average molecular weight is 295 g/mol. The number of carbonyl (C=O) groups excluding carboxylic acids is 3. The summed E-state index contributed by atoms with van der Waals surface area (Å²) in [5, 5.41) is 8.47. The number of hydrogen-bond donors (Lipinski definition) is 1. The quantitative estimate of drug-likeness (QED) is 0.402. The molecule has 1 amide bonds. The van der Waals surface area contributed by atoms with E-state index < -0.39 is 17.7 Å². The van der Waals surface area contributed by atoms with Crippen molar-refractivity contribution in [2.24, 2.45) is 16.8 Å². The standard InChI is InChI=1S/C9H9NO5.C4H4O2/c11-4-2-1-3-5(12)7-6(4)8(13)10-9(7)15-14;1-2-6-4-3-5-1/h6-7,14H,1-3H2;1-4H. The zero-order valence-corrected chi connectivity index (χ0v) is 10.9. The zero-order chi connectivity index (χ0) is 15.2. The minimum Gasteiger partial charge on any atom is -0.466 e. The first kappa shape index (κ1) is 14.9. The predicted octanol–water partition coefficient (Wildman–Crippen LogP) is 0.945. The van der Waals surface area contributed by atoms with Crippen molar-refractivity contribution < 1.29 is 34.0 Å². The number of Topliss-reactive ketones (excluding diaryl/α,β-unsaturated/α-hetero) is 2. The molecule has 0 spiro atoms. The molecular weight excluding hydrogens is 282 g/mol. The van der Waals surface area contributed by atoms with E-state index in [0.717, 1.165) is 0 Å². The van der Waals surface area contributed by atoms with E-state index in [9.17, 15) is 14.4 Å². The van der Waals surface area contributed by atoms with E-state index in [1.54, 1.807) is 0 Å². The van der Waals surface area contributed by atoms with E-state index in [1.807, 2.05) is 0 Å². The van der Waals surface area contributed by atoms with Crippen LogP contribution in [0.15, 0.2) is 30.0 Å². The van der Waals surface area contributed by atoms with Crippen LogP contribution < -0.4 is 0 Å². The molecule has 8 heteroatoms. The summed E-state index contributed by atoms with van der Waals surface area (Å²) in [6.07, 6.45) is 6.69. The topological polar surface area (TPSA) is 111 Å². The van der Waals surface area contributed by atoms with Crippen molar-refractivity contribution in [3.63, 3.8) is 0 Å². The summed E-state index contributed by atoms with van der Waals surface area (Å²) in [7, 11) is 0. The Balaban J connectivity index is 0.000000225. The van der Waals surface area contributed by atoms with Gasteiger partial charge in [-0.05, 0) is 6.42 Å². The Morgan fingerprint density at radius 1 is 1.00 bits per heavy atom. The van der Waals surface area contributed by atoms with E-state index in [2.05, 4.69) is 19.4 Å². The average Bonchev–Trinajstić information content (AvgIpc) is 2.78. The fourth-order valence-electron chi connectivity index (χ4n) is 2.22. The highest BCUT2D eigenvalue weighted by Crippen LogP contribution is 2.31. The lowest BCUT2D eigenvalue weighted by atomic mass is 9.88. The van der Waals surface area contributed by atoms with Crippen molar-refractivity contribution in [1.29, 1.82) is 0 Å². The highest BCUT2D eigenvalue weighted by molar-refractivity contribution is 6.21. The number of carbonyl (C=O) groups is 3.